The van der Waals surface area contributed by atoms with Gasteiger partial charge in [0.1, 0.15) is 25.0 Å². The molecule has 0 spiro atoms. The van der Waals surface area contributed by atoms with Gasteiger partial charge >= 0.3 is 6.09 Å². The van der Waals surface area contributed by atoms with E-state index in [1.165, 1.54) is 42.4 Å². The SMILES string of the molecule is CN1C[C@H](NC(=O)OCc2ccccc2)C(=O)N(C)CC(=O)N2C[C@@H](NC(=O)Cc3c[nH]c4ccccc34)C[C@H]2COc2cncc(c2)C1=O. The third kappa shape index (κ3) is 8.02. The highest BCUT2D eigenvalue weighted by Gasteiger charge is 2.38. The van der Waals surface area contributed by atoms with Gasteiger partial charge in [0, 0.05) is 50.0 Å². The quantitative estimate of drug-likeness (QED) is 0.278. The number of aromatic nitrogens is 2. The fraction of sp³-hybridized carbons (Fsp3) is 0.333. The Labute approximate surface area is 288 Å². The maximum absolute atomic E-state index is 13.8. The van der Waals surface area contributed by atoms with E-state index in [4.69, 9.17) is 9.47 Å². The van der Waals surface area contributed by atoms with E-state index in [1.54, 1.807) is 17.0 Å². The number of para-hydroxylation sites is 1. The van der Waals surface area contributed by atoms with Gasteiger partial charge < -0.3 is 39.8 Å². The van der Waals surface area contributed by atoms with E-state index in [0.717, 1.165) is 22.0 Å². The number of fused-ring (bicyclic) bond motifs is 4. The van der Waals surface area contributed by atoms with Crippen molar-refractivity contribution in [2.24, 2.45) is 0 Å². The Morgan fingerprint density at radius 1 is 0.980 bits per heavy atom. The average Bonchev–Trinajstić information content (AvgIpc) is 3.72. The second kappa shape index (κ2) is 15.1. The lowest BCUT2D eigenvalue weighted by molar-refractivity contribution is -0.141. The van der Waals surface area contributed by atoms with Gasteiger partial charge in [-0.2, -0.15) is 0 Å². The third-order valence-corrected chi connectivity index (χ3v) is 8.88. The smallest absolute Gasteiger partial charge is 0.408 e. The molecule has 3 N–H and O–H groups in total. The summed E-state index contributed by atoms with van der Waals surface area (Å²) in [5.74, 6) is -1.26. The van der Waals surface area contributed by atoms with Crippen molar-refractivity contribution in [3.8, 4) is 5.75 Å². The number of hydrogen-bond donors (Lipinski definition) is 3. The van der Waals surface area contributed by atoms with Gasteiger partial charge in [0.15, 0.2) is 0 Å². The lowest BCUT2D eigenvalue weighted by Gasteiger charge is -2.30. The molecule has 2 bridgehead atoms. The van der Waals surface area contributed by atoms with E-state index in [9.17, 15) is 24.0 Å². The number of alkyl carbamates (subject to hydrolysis) is 1. The second-order valence-corrected chi connectivity index (χ2v) is 12.6. The Bertz CT molecular complexity index is 1880. The van der Waals surface area contributed by atoms with Gasteiger partial charge in [-0.15, -0.1) is 0 Å². The number of carbonyl (C=O) groups excluding carboxylic acids is 5. The van der Waals surface area contributed by atoms with E-state index < -0.39 is 30.0 Å². The van der Waals surface area contributed by atoms with Crippen LogP contribution < -0.4 is 15.4 Å². The van der Waals surface area contributed by atoms with Crippen LogP contribution >= 0.6 is 0 Å². The molecule has 2 aliphatic heterocycles. The first kappa shape index (κ1) is 34.0. The molecule has 0 radical (unpaired) electrons. The molecular weight excluding hydrogens is 642 g/mol. The number of ether oxygens (including phenoxy) is 2. The molecule has 2 aromatic carbocycles. The van der Waals surface area contributed by atoms with E-state index in [0.29, 0.717) is 12.2 Å². The van der Waals surface area contributed by atoms with Crippen LogP contribution in [0, 0.1) is 0 Å². The van der Waals surface area contributed by atoms with Crippen LogP contribution in [-0.4, -0.2) is 113 Å². The van der Waals surface area contributed by atoms with Crippen LogP contribution in [0.2, 0.25) is 0 Å². The van der Waals surface area contributed by atoms with E-state index >= 15 is 0 Å². The predicted octanol–water partition coefficient (Wildman–Crippen LogP) is 2.11. The summed E-state index contributed by atoms with van der Waals surface area (Å²) in [4.78, 5) is 78.4. The van der Waals surface area contributed by atoms with Crippen molar-refractivity contribution in [3.05, 3.63) is 95.9 Å². The van der Waals surface area contributed by atoms with Crippen LogP contribution in [-0.2, 0) is 32.1 Å². The second-order valence-electron chi connectivity index (χ2n) is 12.6. The van der Waals surface area contributed by atoms with Gasteiger partial charge in [-0.3, -0.25) is 24.2 Å². The molecule has 4 heterocycles. The van der Waals surface area contributed by atoms with Crippen LogP contribution in [0.4, 0.5) is 4.79 Å². The van der Waals surface area contributed by atoms with Crippen molar-refractivity contribution in [1.29, 1.82) is 0 Å². The molecule has 0 unspecified atom stereocenters. The van der Waals surface area contributed by atoms with Gasteiger partial charge in [0.2, 0.25) is 17.7 Å². The van der Waals surface area contributed by atoms with Crippen LogP contribution in [0.3, 0.4) is 0 Å². The standard InChI is InChI=1S/C36H39N7O7/c1-41-19-31(40-36(48)50-21-23-8-4-3-5-9-23)35(47)42(2)20-33(45)43-18-26(14-27(43)22-49-28-12-25(34(41)46)15-37-17-28)39-32(44)13-24-16-38-30-11-7-6-10-29(24)30/h3-12,15-17,26-27,31,38H,13-14,18-22H2,1-2H3,(H,39,44)(H,40,48)/t26-,27-,31-/m0/s1. The Kier molecular flexibility index (Phi) is 10.3. The zero-order valence-electron chi connectivity index (χ0n) is 27.8. The maximum Gasteiger partial charge on any atom is 0.408 e. The average molecular weight is 682 g/mol. The van der Waals surface area contributed by atoms with Crippen molar-refractivity contribution >= 4 is 40.6 Å². The molecule has 5 amide bonds. The summed E-state index contributed by atoms with van der Waals surface area (Å²) in [6.07, 6.45) is 4.40. The Morgan fingerprint density at radius 3 is 2.58 bits per heavy atom. The molecule has 1 saturated heterocycles. The largest absolute Gasteiger partial charge is 0.490 e. The number of nitrogens with zero attached hydrogens (tertiary/aromatic N) is 4. The molecule has 2 aromatic heterocycles. The molecule has 0 aliphatic carbocycles. The highest BCUT2D eigenvalue weighted by atomic mass is 16.5. The molecule has 1 fully saturated rings. The lowest BCUT2D eigenvalue weighted by atomic mass is 10.1. The minimum Gasteiger partial charge on any atom is -0.490 e. The van der Waals surface area contributed by atoms with Crippen molar-refractivity contribution in [2.75, 3.05) is 40.3 Å². The predicted molar refractivity (Wildman–Crippen MR) is 182 cm³/mol. The van der Waals surface area contributed by atoms with Crippen LogP contribution in [0.5, 0.6) is 5.75 Å². The molecule has 260 valence electrons. The van der Waals surface area contributed by atoms with E-state index in [-0.39, 0.29) is 62.7 Å². The summed E-state index contributed by atoms with van der Waals surface area (Å²) in [6, 6.07) is 16.3. The number of H-pyrrole nitrogens is 1. The molecule has 14 nitrogen and oxygen atoms in total. The molecule has 3 atom stereocenters. The normalized spacial score (nSPS) is 20.1. The number of amides is 5. The Hall–Kier alpha value is -5.92. The van der Waals surface area contributed by atoms with Crippen molar-refractivity contribution in [3.63, 3.8) is 0 Å². The number of hydrogen-bond acceptors (Lipinski definition) is 8. The summed E-state index contributed by atoms with van der Waals surface area (Å²) < 4.78 is 11.4. The first-order valence-corrected chi connectivity index (χ1v) is 16.3. The summed E-state index contributed by atoms with van der Waals surface area (Å²) in [5, 5.41) is 6.61. The molecule has 14 heteroatoms. The topological polar surface area (TPSA) is 166 Å². The van der Waals surface area contributed by atoms with Gasteiger partial charge in [-0.25, -0.2) is 4.79 Å². The Balaban J connectivity index is 1.18. The number of rotatable bonds is 6. The molecule has 6 rings (SSSR count). The number of aromatic amines is 1. The third-order valence-electron chi connectivity index (χ3n) is 8.88. The lowest BCUT2D eigenvalue weighted by Crippen LogP contribution is -2.55. The van der Waals surface area contributed by atoms with Gasteiger partial charge in [0.05, 0.1) is 37.3 Å². The van der Waals surface area contributed by atoms with E-state index in [2.05, 4.69) is 20.6 Å². The maximum atomic E-state index is 13.8. The highest BCUT2D eigenvalue weighted by Crippen LogP contribution is 2.23. The number of likely N-dealkylation sites (N-methyl/N-ethyl adjacent to an activating group) is 2. The van der Waals surface area contributed by atoms with Gasteiger partial charge in [0.25, 0.3) is 5.91 Å². The highest BCUT2D eigenvalue weighted by molar-refractivity contribution is 5.95. The minimum atomic E-state index is -1.23. The van der Waals surface area contributed by atoms with Crippen LogP contribution in [0.25, 0.3) is 10.9 Å². The summed E-state index contributed by atoms with van der Waals surface area (Å²) in [6.45, 7) is -0.258. The van der Waals surface area contributed by atoms with Crippen LogP contribution in [0.1, 0.15) is 27.9 Å². The Morgan fingerprint density at radius 2 is 1.76 bits per heavy atom. The van der Waals surface area contributed by atoms with Crippen molar-refractivity contribution < 1.29 is 33.4 Å². The monoisotopic (exact) mass is 681 g/mol. The zero-order valence-corrected chi connectivity index (χ0v) is 27.8. The number of pyridine rings is 1. The fourth-order valence-corrected chi connectivity index (χ4v) is 6.33. The molecule has 50 heavy (non-hydrogen) atoms. The van der Waals surface area contributed by atoms with E-state index in [1.807, 2.05) is 48.7 Å². The fourth-order valence-electron chi connectivity index (χ4n) is 6.33. The molecule has 0 saturated carbocycles. The number of nitrogens with one attached hydrogen (secondary N) is 3. The molecule has 4 aromatic rings. The number of benzene rings is 2. The summed E-state index contributed by atoms with van der Waals surface area (Å²) in [5.41, 5.74) is 2.78. The van der Waals surface area contributed by atoms with Crippen molar-refractivity contribution in [1.82, 2.24) is 35.3 Å². The first-order valence-electron chi connectivity index (χ1n) is 16.3. The summed E-state index contributed by atoms with van der Waals surface area (Å²) >= 11 is 0. The number of carbonyl (C=O) groups is 5. The molecular formula is C36H39N7O7. The van der Waals surface area contributed by atoms with Gasteiger partial charge in [-0.1, -0.05) is 48.5 Å². The molecule has 2 aliphatic rings. The summed E-state index contributed by atoms with van der Waals surface area (Å²) in [7, 11) is 2.96. The zero-order chi connectivity index (χ0) is 35.2. The van der Waals surface area contributed by atoms with Gasteiger partial charge in [-0.05, 0) is 29.7 Å². The van der Waals surface area contributed by atoms with Crippen LogP contribution in [0.15, 0.2) is 79.3 Å². The minimum absolute atomic E-state index is 0.0228. The van der Waals surface area contributed by atoms with Crippen molar-refractivity contribution in [2.45, 2.75) is 37.6 Å². The first-order chi connectivity index (χ1) is 24.1.